The molecule has 414 valence electrons. The maximum Gasteiger partial charge on any atom is 0.336 e. The van der Waals surface area contributed by atoms with Crippen LogP contribution in [0, 0.1) is 0 Å². The van der Waals surface area contributed by atoms with Gasteiger partial charge in [0.1, 0.15) is 11.5 Å². The second kappa shape index (κ2) is 41.5. The van der Waals surface area contributed by atoms with Gasteiger partial charge in [0.05, 0.1) is 117 Å². The van der Waals surface area contributed by atoms with Gasteiger partial charge in [-0.1, -0.05) is 39.5 Å². The number of hydrogen-bond acceptors (Lipinski definition) is 16. The Bertz CT molecular complexity index is 2060. The Labute approximate surface area is 449 Å². The molecule has 16 heteroatoms. The van der Waals surface area contributed by atoms with Gasteiger partial charge in [-0.15, -0.1) is 0 Å². The van der Waals surface area contributed by atoms with Crippen LogP contribution >= 0.6 is 0 Å². The van der Waals surface area contributed by atoms with Crippen molar-refractivity contribution in [1.82, 2.24) is 0 Å². The minimum Gasteiger partial charge on any atom is -0.502 e. The number of rotatable bonds is 48. The van der Waals surface area contributed by atoms with Crippen LogP contribution in [0.2, 0.25) is 0 Å². The summed E-state index contributed by atoms with van der Waals surface area (Å²) in [5.74, 6) is 1.78. The van der Waals surface area contributed by atoms with E-state index in [1.165, 1.54) is 74.0 Å². The van der Waals surface area contributed by atoms with Gasteiger partial charge in [0, 0.05) is 23.3 Å². The molecular weight excluding hydrogens is 977 g/mol. The second-order valence-electron chi connectivity index (χ2n) is 16.2. The van der Waals surface area contributed by atoms with E-state index in [1.807, 2.05) is 0 Å². The zero-order chi connectivity index (χ0) is 54.5. The largest absolute Gasteiger partial charge is 0.502 e. The molecule has 0 aliphatic carbocycles. The topological polar surface area (TPSA) is 163 Å². The van der Waals surface area contributed by atoms with Crippen LogP contribution < -0.4 is 37.9 Å². The number of ether oxygens (including phenoxy) is 14. The maximum absolute atomic E-state index is 13.2. The fourth-order valence-corrected chi connectivity index (χ4v) is 6.66. The van der Waals surface area contributed by atoms with Gasteiger partial charge in [0.25, 0.3) is 0 Å². The molecule has 3 aromatic carbocycles. The predicted octanol–water partition coefficient (Wildman–Crippen LogP) is 12.8. The summed E-state index contributed by atoms with van der Waals surface area (Å²) in [6, 6.07) is 13.2. The smallest absolute Gasteiger partial charge is 0.336 e. The summed E-state index contributed by atoms with van der Waals surface area (Å²) in [4.78, 5) is 26.5. The van der Waals surface area contributed by atoms with E-state index in [2.05, 4.69) is 39.5 Å². The van der Waals surface area contributed by atoms with Crippen molar-refractivity contribution in [2.75, 3.05) is 79.3 Å². The molecule has 0 aliphatic heterocycles. The lowest BCUT2D eigenvalue weighted by atomic mass is 10.1. The van der Waals surface area contributed by atoms with Crippen molar-refractivity contribution in [3.63, 3.8) is 0 Å². The number of benzene rings is 3. The Hall–Kier alpha value is -7.88. The average Bonchev–Trinajstić information content (AvgIpc) is 3.43. The fourth-order valence-electron chi connectivity index (χ4n) is 6.66. The van der Waals surface area contributed by atoms with Crippen LogP contribution in [0.1, 0.15) is 88.2 Å². The van der Waals surface area contributed by atoms with E-state index in [0.717, 1.165) is 51.4 Å². The van der Waals surface area contributed by atoms with Gasteiger partial charge in [0.2, 0.25) is 11.5 Å². The lowest BCUT2D eigenvalue weighted by Crippen LogP contribution is -2.08. The zero-order valence-electron chi connectivity index (χ0n) is 44.1. The standard InChI is InChI=1S/C60H78O16/c1-7-63-37-13-19-43-69-53-33-25-49(57(71-45-21-15-39-65-9-3)59(53)73-47-23-17-41-67-11-5)27-35-55(61)75-51-29-31-52(32-30-51)76-56(62)36-28-50-26-34-54(70-44-20-14-38-64-8-2)60(74-48-24-18-42-68-12-6)58(50)72-46-22-16-40-66-10-4/h7-12,25-36H,1-6,13-24,37-48H2/b35-27+,36-28+. The highest BCUT2D eigenvalue weighted by atomic mass is 16.6. The molecule has 0 bridgehead atoms. The van der Waals surface area contributed by atoms with Crippen molar-refractivity contribution in [2.24, 2.45) is 0 Å². The molecule has 3 rings (SSSR count). The highest BCUT2D eigenvalue weighted by Gasteiger charge is 2.20. The molecule has 0 amide bonds. The van der Waals surface area contributed by atoms with Crippen molar-refractivity contribution < 1.29 is 75.9 Å². The molecule has 3 aromatic rings. The zero-order valence-corrected chi connectivity index (χ0v) is 44.1. The molecule has 0 N–H and O–H groups in total. The molecule has 0 saturated carbocycles. The summed E-state index contributed by atoms with van der Waals surface area (Å²) < 4.78 is 80.5. The van der Waals surface area contributed by atoms with E-state index in [9.17, 15) is 9.59 Å². The SMILES string of the molecule is C=COCCCCOc1ccc(/C=C/C(=O)Oc2ccc(OC(=O)/C=C/c3ccc(OCCCCOC=C)c(OCCCCOC=C)c3OCCCCOC=C)cc2)c(OCCCCOC=C)c1OCCCCOC=C. The van der Waals surface area contributed by atoms with Crippen molar-refractivity contribution in [3.8, 4) is 46.0 Å². The molecule has 0 saturated heterocycles. The number of carbonyl (C=O) groups excluding carboxylic acids is 2. The van der Waals surface area contributed by atoms with Crippen molar-refractivity contribution in [2.45, 2.75) is 77.0 Å². The highest BCUT2D eigenvalue weighted by molar-refractivity contribution is 5.90. The van der Waals surface area contributed by atoms with E-state index in [-0.39, 0.29) is 11.5 Å². The summed E-state index contributed by atoms with van der Waals surface area (Å²) in [5.41, 5.74) is 1.14. The number of esters is 2. The molecule has 0 fully saturated rings. The third-order valence-corrected chi connectivity index (χ3v) is 10.4. The average molecular weight is 1060 g/mol. The monoisotopic (exact) mass is 1050 g/mol. The molecule has 0 spiro atoms. The molecule has 0 radical (unpaired) electrons. The van der Waals surface area contributed by atoms with Gasteiger partial charge in [-0.05, 0) is 138 Å². The minimum absolute atomic E-state index is 0.223. The summed E-state index contributed by atoms with van der Waals surface area (Å²) in [6.45, 7) is 26.9. The van der Waals surface area contributed by atoms with Crippen LogP contribution in [-0.4, -0.2) is 91.2 Å². The number of unbranched alkanes of at least 4 members (excludes halogenated alkanes) is 6. The second-order valence-corrected chi connectivity index (χ2v) is 16.2. The van der Waals surface area contributed by atoms with Gasteiger partial charge in [0.15, 0.2) is 23.0 Å². The van der Waals surface area contributed by atoms with Crippen LogP contribution in [0.5, 0.6) is 46.0 Å². The first-order chi connectivity index (χ1) is 37.4. The summed E-state index contributed by atoms with van der Waals surface area (Å²) >= 11 is 0. The first-order valence-corrected chi connectivity index (χ1v) is 25.7. The van der Waals surface area contributed by atoms with Gasteiger partial charge in [-0.2, -0.15) is 0 Å². The molecule has 0 aliphatic rings. The lowest BCUT2D eigenvalue weighted by molar-refractivity contribution is -0.130. The van der Waals surface area contributed by atoms with E-state index in [4.69, 9.17) is 66.3 Å². The fraction of sp³-hybridized carbons (Fsp3) is 0.400. The van der Waals surface area contributed by atoms with Crippen molar-refractivity contribution >= 4 is 24.1 Å². The molecular formula is C60H78O16. The normalized spacial score (nSPS) is 10.6. The van der Waals surface area contributed by atoms with Gasteiger partial charge < -0.3 is 66.3 Å². The van der Waals surface area contributed by atoms with Crippen LogP contribution in [0.3, 0.4) is 0 Å². The Kier molecular flexibility index (Phi) is 34.1. The maximum atomic E-state index is 13.2. The van der Waals surface area contributed by atoms with Crippen LogP contribution in [0.25, 0.3) is 12.2 Å². The van der Waals surface area contributed by atoms with E-state index in [1.54, 1.807) is 36.4 Å². The first kappa shape index (κ1) is 62.4. The van der Waals surface area contributed by atoms with Crippen LogP contribution in [-0.2, 0) is 38.0 Å². The van der Waals surface area contributed by atoms with Gasteiger partial charge in [-0.25, -0.2) is 9.59 Å². The summed E-state index contributed by atoms with van der Waals surface area (Å²) in [7, 11) is 0. The molecule has 0 heterocycles. The molecule has 0 unspecified atom stereocenters. The molecule has 0 aromatic heterocycles. The Morgan fingerprint density at radius 3 is 0.842 bits per heavy atom. The summed E-state index contributed by atoms with van der Waals surface area (Å²) in [5, 5.41) is 0. The van der Waals surface area contributed by atoms with Gasteiger partial charge >= 0.3 is 11.9 Å². The number of carbonyl (C=O) groups is 2. The van der Waals surface area contributed by atoms with Crippen LogP contribution in [0.15, 0.2) is 138 Å². The van der Waals surface area contributed by atoms with Crippen molar-refractivity contribution in [1.29, 1.82) is 0 Å². The molecule has 16 nitrogen and oxygen atoms in total. The predicted molar refractivity (Wildman–Crippen MR) is 294 cm³/mol. The third kappa shape index (κ3) is 26.9. The lowest BCUT2D eigenvalue weighted by Gasteiger charge is -2.19. The van der Waals surface area contributed by atoms with Crippen LogP contribution in [0.4, 0.5) is 0 Å². The van der Waals surface area contributed by atoms with Gasteiger partial charge in [-0.3, -0.25) is 0 Å². The van der Waals surface area contributed by atoms with E-state index >= 15 is 0 Å². The molecule has 0 atom stereocenters. The highest BCUT2D eigenvalue weighted by Crippen LogP contribution is 2.43. The Morgan fingerprint density at radius 1 is 0.316 bits per heavy atom. The first-order valence-electron chi connectivity index (χ1n) is 25.7. The van der Waals surface area contributed by atoms with E-state index < -0.39 is 11.9 Å². The minimum atomic E-state index is -0.658. The van der Waals surface area contributed by atoms with Crippen molar-refractivity contribution in [3.05, 3.63) is 149 Å². The Morgan fingerprint density at radius 2 is 0.566 bits per heavy atom. The quantitative estimate of drug-likeness (QED) is 0.0172. The molecule has 76 heavy (non-hydrogen) atoms. The summed E-state index contributed by atoms with van der Waals surface area (Å²) in [6.07, 6.45) is 23.0. The van der Waals surface area contributed by atoms with E-state index in [0.29, 0.717) is 151 Å². The third-order valence-electron chi connectivity index (χ3n) is 10.4. The Balaban J connectivity index is 1.79. The number of hydrogen-bond donors (Lipinski definition) is 0.